The van der Waals surface area contributed by atoms with Gasteiger partial charge in [0.15, 0.2) is 0 Å². The molecule has 0 saturated carbocycles. The lowest BCUT2D eigenvalue weighted by Gasteiger charge is -2.32. The number of rotatable bonds is 4. The fourth-order valence-corrected chi connectivity index (χ4v) is 4.25. The summed E-state index contributed by atoms with van der Waals surface area (Å²) in [5.41, 5.74) is 2.04. The molecule has 1 fully saturated rings. The zero-order valence-electron chi connectivity index (χ0n) is 16.9. The first kappa shape index (κ1) is 20.8. The maximum absolute atomic E-state index is 12.6. The van der Waals surface area contributed by atoms with Crippen molar-refractivity contribution in [3.8, 4) is 0 Å². The number of esters is 2. The van der Waals surface area contributed by atoms with E-state index in [9.17, 15) is 14.7 Å². The van der Waals surface area contributed by atoms with Gasteiger partial charge in [0.2, 0.25) is 5.79 Å². The predicted molar refractivity (Wildman–Crippen MR) is 100 cm³/mol. The average Bonchev–Trinajstić information content (AvgIpc) is 3.10. The van der Waals surface area contributed by atoms with Gasteiger partial charge in [-0.1, -0.05) is 11.6 Å². The number of carbonyl (C=O) groups excluding carboxylic acids is 2. The maximum atomic E-state index is 12.6. The van der Waals surface area contributed by atoms with E-state index in [1.54, 1.807) is 32.1 Å². The summed E-state index contributed by atoms with van der Waals surface area (Å²) in [6.07, 6.45) is 3.37. The SMILES string of the molecule is C/C=C(\C)C(=O)O[C@H]1C/C(C)=C\[C@@]2(O)C=C(C)[C@@H](O2)[C@H]2OC(=O)[C@@H](COC)[C@@H]21. The molecule has 0 unspecified atom stereocenters. The molecule has 3 aliphatic rings. The predicted octanol–water partition coefficient (Wildman–Crippen LogP) is 2.05. The van der Waals surface area contributed by atoms with Crippen LogP contribution >= 0.6 is 0 Å². The third kappa shape index (κ3) is 3.79. The van der Waals surface area contributed by atoms with Gasteiger partial charge < -0.3 is 24.1 Å². The molecule has 0 aliphatic carbocycles. The summed E-state index contributed by atoms with van der Waals surface area (Å²) < 4.78 is 22.6. The Balaban J connectivity index is 2.04. The fraction of sp³-hybridized carbons (Fsp3) is 0.619. The molecule has 3 rings (SSSR count). The van der Waals surface area contributed by atoms with Crippen LogP contribution in [-0.4, -0.2) is 54.9 Å². The van der Waals surface area contributed by atoms with Gasteiger partial charge in [0.05, 0.1) is 18.4 Å². The normalized spacial score (nSPS) is 39.7. The molecule has 2 bridgehead atoms. The smallest absolute Gasteiger partial charge is 0.333 e. The Morgan fingerprint density at radius 1 is 1.39 bits per heavy atom. The molecule has 0 aromatic carbocycles. The lowest BCUT2D eigenvalue weighted by molar-refractivity contribution is -0.178. The van der Waals surface area contributed by atoms with E-state index in [1.165, 1.54) is 7.11 Å². The van der Waals surface area contributed by atoms with Crippen molar-refractivity contribution >= 4 is 11.9 Å². The molecule has 7 heteroatoms. The molecule has 28 heavy (non-hydrogen) atoms. The third-order valence-electron chi connectivity index (χ3n) is 5.66. The van der Waals surface area contributed by atoms with Crippen LogP contribution in [0, 0.1) is 11.8 Å². The van der Waals surface area contributed by atoms with Gasteiger partial charge in [-0.2, -0.15) is 0 Å². The number of fused-ring (bicyclic) bond motifs is 4. The van der Waals surface area contributed by atoms with Crippen molar-refractivity contribution in [2.75, 3.05) is 13.7 Å². The van der Waals surface area contributed by atoms with E-state index in [4.69, 9.17) is 18.9 Å². The van der Waals surface area contributed by atoms with Crippen LogP contribution in [0.2, 0.25) is 0 Å². The minimum atomic E-state index is -1.56. The second kappa shape index (κ2) is 7.81. The van der Waals surface area contributed by atoms with E-state index in [2.05, 4.69) is 0 Å². The Kier molecular flexibility index (Phi) is 5.79. The van der Waals surface area contributed by atoms with Crippen molar-refractivity contribution in [2.45, 2.75) is 58.2 Å². The van der Waals surface area contributed by atoms with Crippen LogP contribution in [0.3, 0.4) is 0 Å². The highest BCUT2D eigenvalue weighted by molar-refractivity contribution is 5.87. The number of aliphatic hydroxyl groups is 1. The zero-order valence-corrected chi connectivity index (χ0v) is 16.9. The number of hydrogen-bond acceptors (Lipinski definition) is 7. The summed E-state index contributed by atoms with van der Waals surface area (Å²) in [7, 11) is 1.52. The van der Waals surface area contributed by atoms with Crippen LogP contribution in [0.1, 0.15) is 34.1 Å². The molecule has 6 atom stereocenters. The van der Waals surface area contributed by atoms with E-state index in [0.29, 0.717) is 12.0 Å². The molecule has 0 spiro atoms. The second-order valence-electron chi connectivity index (χ2n) is 7.83. The Morgan fingerprint density at radius 3 is 2.75 bits per heavy atom. The molecule has 0 aromatic heterocycles. The zero-order chi connectivity index (χ0) is 20.6. The van der Waals surface area contributed by atoms with Crippen LogP contribution in [0.25, 0.3) is 0 Å². The maximum Gasteiger partial charge on any atom is 0.333 e. The molecule has 154 valence electrons. The number of ether oxygens (including phenoxy) is 4. The highest BCUT2D eigenvalue weighted by Crippen LogP contribution is 2.44. The quantitative estimate of drug-likeness (QED) is 0.445. The Morgan fingerprint density at radius 2 is 2.11 bits per heavy atom. The molecule has 3 heterocycles. The van der Waals surface area contributed by atoms with Crippen LogP contribution < -0.4 is 0 Å². The molecule has 1 saturated heterocycles. The average molecular weight is 392 g/mol. The number of allylic oxidation sites excluding steroid dienone is 1. The van der Waals surface area contributed by atoms with E-state index in [0.717, 1.165) is 11.1 Å². The summed E-state index contributed by atoms with van der Waals surface area (Å²) in [5, 5.41) is 10.8. The van der Waals surface area contributed by atoms with E-state index in [1.807, 2.05) is 13.8 Å². The van der Waals surface area contributed by atoms with Gasteiger partial charge in [-0.3, -0.25) is 4.79 Å². The molecule has 0 amide bonds. The summed E-state index contributed by atoms with van der Waals surface area (Å²) in [6, 6.07) is 0. The van der Waals surface area contributed by atoms with Gasteiger partial charge in [0.25, 0.3) is 0 Å². The lowest BCUT2D eigenvalue weighted by Crippen LogP contribution is -2.44. The molecule has 3 aliphatic heterocycles. The largest absolute Gasteiger partial charge is 0.458 e. The van der Waals surface area contributed by atoms with Gasteiger partial charge in [0, 0.05) is 19.1 Å². The molecule has 1 N–H and O–H groups in total. The van der Waals surface area contributed by atoms with Gasteiger partial charge in [0.1, 0.15) is 18.3 Å². The van der Waals surface area contributed by atoms with E-state index in [-0.39, 0.29) is 6.61 Å². The first-order valence-corrected chi connectivity index (χ1v) is 9.50. The van der Waals surface area contributed by atoms with E-state index < -0.39 is 47.9 Å². The Bertz CT molecular complexity index is 750. The van der Waals surface area contributed by atoms with Crippen molar-refractivity contribution in [1.82, 2.24) is 0 Å². The number of methoxy groups -OCH3 is 1. The number of hydrogen-bond donors (Lipinski definition) is 1. The van der Waals surface area contributed by atoms with Crippen LogP contribution in [-0.2, 0) is 28.5 Å². The van der Waals surface area contributed by atoms with Crippen molar-refractivity contribution in [1.29, 1.82) is 0 Å². The third-order valence-corrected chi connectivity index (χ3v) is 5.66. The first-order chi connectivity index (χ1) is 13.2. The summed E-state index contributed by atoms with van der Waals surface area (Å²) >= 11 is 0. The standard InChI is InChI=1S/C21H28O7/c1-6-12(3)19(22)26-15-7-11(2)8-21(24)9-13(4)17(28-21)18-16(15)14(10-25-5)20(23)27-18/h6,8-9,14-18,24H,7,10H2,1-5H3/b11-8-,12-6+/t14-,15-,16+,17+,18-,21-/m0/s1. The van der Waals surface area contributed by atoms with Gasteiger partial charge in [-0.15, -0.1) is 0 Å². The van der Waals surface area contributed by atoms with Crippen LogP contribution in [0.5, 0.6) is 0 Å². The topological polar surface area (TPSA) is 91.3 Å². The monoisotopic (exact) mass is 392 g/mol. The Hall–Kier alpha value is -1.96. The summed E-state index contributed by atoms with van der Waals surface area (Å²) in [5.74, 6) is -3.46. The van der Waals surface area contributed by atoms with Gasteiger partial charge >= 0.3 is 11.9 Å². The Labute approximate surface area is 165 Å². The second-order valence-corrected chi connectivity index (χ2v) is 7.83. The first-order valence-electron chi connectivity index (χ1n) is 9.50. The highest BCUT2D eigenvalue weighted by Gasteiger charge is 2.56. The molecular formula is C21H28O7. The van der Waals surface area contributed by atoms with Crippen molar-refractivity contribution in [2.24, 2.45) is 11.8 Å². The lowest BCUT2D eigenvalue weighted by atomic mass is 9.80. The van der Waals surface area contributed by atoms with Crippen LogP contribution in [0.15, 0.2) is 34.9 Å². The highest BCUT2D eigenvalue weighted by atomic mass is 16.7. The van der Waals surface area contributed by atoms with Crippen molar-refractivity contribution in [3.05, 3.63) is 34.9 Å². The summed E-state index contributed by atoms with van der Waals surface area (Å²) in [4.78, 5) is 25.1. The van der Waals surface area contributed by atoms with Crippen molar-refractivity contribution < 1.29 is 33.6 Å². The van der Waals surface area contributed by atoms with Gasteiger partial charge in [-0.25, -0.2) is 4.79 Å². The summed E-state index contributed by atoms with van der Waals surface area (Å²) in [6.45, 7) is 7.26. The number of carbonyl (C=O) groups is 2. The fourth-order valence-electron chi connectivity index (χ4n) is 4.25. The molecule has 7 nitrogen and oxygen atoms in total. The van der Waals surface area contributed by atoms with E-state index >= 15 is 0 Å². The minimum Gasteiger partial charge on any atom is -0.458 e. The molecular weight excluding hydrogens is 364 g/mol. The minimum absolute atomic E-state index is 0.152. The van der Waals surface area contributed by atoms with Crippen molar-refractivity contribution in [3.63, 3.8) is 0 Å². The molecule has 0 aromatic rings. The molecule has 0 radical (unpaired) electrons. The van der Waals surface area contributed by atoms with Gasteiger partial charge in [-0.05, 0) is 45.4 Å². The van der Waals surface area contributed by atoms with Crippen LogP contribution in [0.4, 0.5) is 0 Å².